The third-order valence-corrected chi connectivity index (χ3v) is 6.20. The molecule has 0 aliphatic carbocycles. The minimum Gasteiger partial charge on any atom is -0.440 e. The van der Waals surface area contributed by atoms with Crippen LogP contribution in [0.2, 0.25) is 5.02 Å². The summed E-state index contributed by atoms with van der Waals surface area (Å²) in [6.07, 6.45) is 4.15. The molecule has 1 atom stereocenters. The van der Waals surface area contributed by atoms with E-state index in [2.05, 4.69) is 11.9 Å². The first-order valence-corrected chi connectivity index (χ1v) is 10.5. The number of fused-ring (bicyclic) bond motifs is 1. The monoisotopic (exact) mass is 380 g/mol. The minimum absolute atomic E-state index is 0.0505. The molecule has 1 aromatic carbocycles. The molecule has 25 heavy (non-hydrogen) atoms. The first kappa shape index (κ1) is 18.6. The van der Waals surface area contributed by atoms with Crippen LogP contribution in [-0.4, -0.2) is 39.9 Å². The van der Waals surface area contributed by atoms with Crippen LogP contribution >= 0.6 is 23.4 Å². The molecule has 2 heterocycles. The smallest absolute Gasteiger partial charge is 0.235 e. The lowest BCUT2D eigenvalue weighted by molar-refractivity contribution is -0.131. The number of halogens is 1. The van der Waals surface area contributed by atoms with Gasteiger partial charge in [0.25, 0.3) is 0 Å². The van der Waals surface area contributed by atoms with Crippen LogP contribution in [0.5, 0.6) is 0 Å². The molecule has 6 heteroatoms. The second kappa shape index (κ2) is 8.45. The van der Waals surface area contributed by atoms with Crippen LogP contribution in [0.25, 0.3) is 11.1 Å². The fourth-order valence-corrected chi connectivity index (χ4v) is 4.44. The Labute approximate surface area is 158 Å². The number of amides is 1. The van der Waals surface area contributed by atoms with Crippen molar-refractivity contribution in [2.75, 3.05) is 18.8 Å². The molecule has 1 saturated heterocycles. The Balaban J connectivity index is 1.56. The van der Waals surface area contributed by atoms with Crippen molar-refractivity contribution in [1.29, 1.82) is 0 Å². The molecule has 1 fully saturated rings. The second-order valence-corrected chi connectivity index (χ2v) is 8.52. The van der Waals surface area contributed by atoms with Gasteiger partial charge in [0.2, 0.25) is 5.91 Å². The van der Waals surface area contributed by atoms with Crippen LogP contribution in [0.3, 0.4) is 0 Å². The summed E-state index contributed by atoms with van der Waals surface area (Å²) in [7, 11) is 0. The van der Waals surface area contributed by atoms with Gasteiger partial charge in [0, 0.05) is 24.0 Å². The molecular formula is C19H25ClN2O2S. The second-order valence-electron chi connectivity index (χ2n) is 6.63. The van der Waals surface area contributed by atoms with Crippen LogP contribution in [0.15, 0.2) is 22.6 Å². The first-order chi connectivity index (χ1) is 12.1. The van der Waals surface area contributed by atoms with Gasteiger partial charge in [-0.2, -0.15) is 0 Å². The summed E-state index contributed by atoms with van der Waals surface area (Å²) in [5.74, 6) is 2.38. The molecule has 1 aliphatic heterocycles. The number of carbonyl (C=O) groups excluding carboxylic acids is 1. The molecule has 1 aromatic heterocycles. The highest BCUT2D eigenvalue weighted by molar-refractivity contribution is 8.00. The lowest BCUT2D eigenvalue weighted by Crippen LogP contribution is -2.41. The summed E-state index contributed by atoms with van der Waals surface area (Å²) < 4.78 is 5.89. The molecule has 0 spiro atoms. The summed E-state index contributed by atoms with van der Waals surface area (Å²) in [6, 6.07) is 5.51. The van der Waals surface area contributed by atoms with E-state index in [1.807, 2.05) is 30.0 Å². The van der Waals surface area contributed by atoms with E-state index in [1.54, 1.807) is 11.8 Å². The number of unbranched alkanes of at least 4 members (excludes halogenated alkanes) is 1. The summed E-state index contributed by atoms with van der Waals surface area (Å²) in [4.78, 5) is 19.2. The van der Waals surface area contributed by atoms with E-state index in [-0.39, 0.29) is 17.1 Å². The number of nitrogens with zero attached hydrogens (tertiary/aromatic N) is 2. The number of thioether (sulfide) groups is 1. The van der Waals surface area contributed by atoms with Gasteiger partial charge in [-0.1, -0.05) is 24.9 Å². The molecule has 136 valence electrons. The Morgan fingerprint density at radius 3 is 2.92 bits per heavy atom. The summed E-state index contributed by atoms with van der Waals surface area (Å²) in [5.41, 5.74) is 1.58. The highest BCUT2D eigenvalue weighted by Crippen LogP contribution is 2.31. The van der Waals surface area contributed by atoms with Crippen molar-refractivity contribution < 1.29 is 9.21 Å². The minimum atomic E-state index is 0.0505. The maximum Gasteiger partial charge on any atom is 0.235 e. The van der Waals surface area contributed by atoms with Gasteiger partial charge in [-0.15, -0.1) is 11.8 Å². The van der Waals surface area contributed by atoms with Gasteiger partial charge in [-0.25, -0.2) is 4.98 Å². The SMILES string of the molecule is CCCCSC(C)C(=O)N1CCC(c2nc3cc(Cl)ccc3o2)CC1. The third kappa shape index (κ3) is 4.50. The van der Waals surface area contributed by atoms with Crippen molar-refractivity contribution in [3.05, 3.63) is 29.1 Å². The van der Waals surface area contributed by atoms with E-state index in [1.165, 1.54) is 12.8 Å². The van der Waals surface area contributed by atoms with Crippen molar-refractivity contribution in [3.8, 4) is 0 Å². The molecule has 0 N–H and O–H groups in total. The van der Waals surface area contributed by atoms with Crippen LogP contribution in [-0.2, 0) is 4.79 Å². The van der Waals surface area contributed by atoms with E-state index >= 15 is 0 Å². The maximum atomic E-state index is 12.6. The molecular weight excluding hydrogens is 356 g/mol. The van der Waals surface area contributed by atoms with Gasteiger partial charge in [-0.05, 0) is 50.1 Å². The number of hydrogen-bond acceptors (Lipinski definition) is 4. The predicted octanol–water partition coefficient (Wildman–Crippen LogP) is 5.11. The lowest BCUT2D eigenvalue weighted by Gasteiger charge is -2.32. The highest BCUT2D eigenvalue weighted by Gasteiger charge is 2.29. The molecule has 1 unspecified atom stereocenters. The van der Waals surface area contributed by atoms with Crippen LogP contribution < -0.4 is 0 Å². The third-order valence-electron chi connectivity index (χ3n) is 4.74. The van der Waals surface area contributed by atoms with Gasteiger partial charge in [0.05, 0.1) is 5.25 Å². The van der Waals surface area contributed by atoms with Gasteiger partial charge >= 0.3 is 0 Å². The maximum absolute atomic E-state index is 12.6. The number of oxazole rings is 1. The molecule has 3 rings (SSSR count). The number of piperidine rings is 1. The van der Waals surface area contributed by atoms with E-state index in [9.17, 15) is 4.79 Å². The Bertz CT molecular complexity index is 725. The Kier molecular flexibility index (Phi) is 6.29. The standard InChI is InChI=1S/C19H25ClN2O2S/c1-3-4-11-25-13(2)19(23)22-9-7-14(8-10-22)18-21-16-12-15(20)5-6-17(16)24-18/h5-6,12-14H,3-4,7-11H2,1-2H3. The van der Waals surface area contributed by atoms with Crippen molar-refractivity contribution in [1.82, 2.24) is 9.88 Å². The topological polar surface area (TPSA) is 46.3 Å². The first-order valence-electron chi connectivity index (χ1n) is 9.05. The average Bonchev–Trinajstić information content (AvgIpc) is 3.04. The Morgan fingerprint density at radius 1 is 1.44 bits per heavy atom. The molecule has 0 bridgehead atoms. The van der Waals surface area contributed by atoms with Crippen LogP contribution in [0, 0.1) is 0 Å². The molecule has 4 nitrogen and oxygen atoms in total. The summed E-state index contributed by atoms with van der Waals surface area (Å²) >= 11 is 7.78. The average molecular weight is 381 g/mol. The van der Waals surface area contributed by atoms with Crippen molar-refractivity contribution in [3.63, 3.8) is 0 Å². The van der Waals surface area contributed by atoms with Gasteiger partial charge < -0.3 is 9.32 Å². The van der Waals surface area contributed by atoms with E-state index < -0.39 is 0 Å². The number of carbonyl (C=O) groups is 1. The summed E-state index contributed by atoms with van der Waals surface area (Å²) in [6.45, 7) is 5.76. The van der Waals surface area contributed by atoms with E-state index in [4.69, 9.17) is 16.0 Å². The van der Waals surface area contributed by atoms with Crippen molar-refractivity contribution >= 4 is 40.4 Å². The fourth-order valence-electron chi connectivity index (χ4n) is 3.17. The van der Waals surface area contributed by atoms with Crippen molar-refractivity contribution in [2.45, 2.75) is 50.7 Å². The zero-order valence-corrected chi connectivity index (χ0v) is 16.4. The zero-order valence-electron chi connectivity index (χ0n) is 14.8. The van der Waals surface area contributed by atoms with Crippen LogP contribution in [0.4, 0.5) is 0 Å². The normalized spacial score (nSPS) is 17.2. The quantitative estimate of drug-likeness (QED) is 0.653. The Morgan fingerprint density at radius 2 is 2.20 bits per heavy atom. The molecule has 1 amide bonds. The zero-order chi connectivity index (χ0) is 17.8. The van der Waals surface area contributed by atoms with Crippen molar-refractivity contribution in [2.24, 2.45) is 0 Å². The molecule has 2 aromatic rings. The molecule has 1 aliphatic rings. The number of aromatic nitrogens is 1. The molecule has 0 radical (unpaired) electrons. The van der Waals surface area contributed by atoms with Gasteiger partial charge in [-0.3, -0.25) is 4.79 Å². The lowest BCUT2D eigenvalue weighted by atomic mass is 9.96. The number of likely N-dealkylation sites (tertiary alicyclic amines) is 1. The van der Waals surface area contributed by atoms with Gasteiger partial charge in [0.15, 0.2) is 11.5 Å². The van der Waals surface area contributed by atoms with Gasteiger partial charge in [0.1, 0.15) is 5.52 Å². The largest absolute Gasteiger partial charge is 0.440 e. The number of benzene rings is 1. The fraction of sp³-hybridized carbons (Fsp3) is 0.579. The number of rotatable bonds is 6. The Hall–Kier alpha value is -1.20. The van der Waals surface area contributed by atoms with Crippen LogP contribution in [0.1, 0.15) is 51.3 Å². The van der Waals surface area contributed by atoms with E-state index in [0.717, 1.165) is 48.7 Å². The number of hydrogen-bond donors (Lipinski definition) is 0. The molecule has 0 saturated carbocycles. The highest BCUT2D eigenvalue weighted by atomic mass is 35.5. The van der Waals surface area contributed by atoms with E-state index in [0.29, 0.717) is 5.02 Å². The predicted molar refractivity (Wildman–Crippen MR) is 104 cm³/mol. The summed E-state index contributed by atoms with van der Waals surface area (Å²) in [5, 5.41) is 0.719.